The van der Waals surface area contributed by atoms with Crippen LogP contribution in [0.3, 0.4) is 0 Å². The highest BCUT2D eigenvalue weighted by Crippen LogP contribution is 2.27. The predicted molar refractivity (Wildman–Crippen MR) is 102 cm³/mol. The first kappa shape index (κ1) is 18.4. The summed E-state index contributed by atoms with van der Waals surface area (Å²) in [5, 5.41) is 6.57. The molecule has 1 unspecified atom stereocenters. The lowest BCUT2D eigenvalue weighted by atomic mass is 9.85. The Morgan fingerprint density at radius 1 is 1.24 bits per heavy atom. The van der Waals surface area contributed by atoms with Crippen molar-refractivity contribution >= 4 is 5.91 Å². The van der Waals surface area contributed by atoms with Crippen LogP contribution in [0.15, 0.2) is 24.3 Å². The van der Waals surface area contributed by atoms with Crippen molar-refractivity contribution in [3.8, 4) is 0 Å². The van der Waals surface area contributed by atoms with Crippen molar-refractivity contribution in [3.63, 3.8) is 0 Å². The molecule has 4 heteroatoms. The monoisotopic (exact) mass is 343 g/mol. The van der Waals surface area contributed by atoms with E-state index in [1.54, 1.807) is 0 Å². The van der Waals surface area contributed by atoms with E-state index in [0.29, 0.717) is 6.54 Å². The van der Waals surface area contributed by atoms with Gasteiger partial charge in [-0.25, -0.2) is 0 Å². The van der Waals surface area contributed by atoms with Crippen molar-refractivity contribution in [1.29, 1.82) is 0 Å². The maximum Gasteiger partial charge on any atom is 0.234 e. The molecular weight excluding hydrogens is 310 g/mol. The summed E-state index contributed by atoms with van der Waals surface area (Å²) < 4.78 is 0. The van der Waals surface area contributed by atoms with E-state index < -0.39 is 0 Å². The smallest absolute Gasteiger partial charge is 0.234 e. The lowest BCUT2D eigenvalue weighted by Gasteiger charge is -2.38. The van der Waals surface area contributed by atoms with Crippen LogP contribution in [0.1, 0.15) is 44.7 Å². The van der Waals surface area contributed by atoms with E-state index >= 15 is 0 Å². The predicted octanol–water partition coefficient (Wildman–Crippen LogP) is 2.58. The number of benzene rings is 1. The van der Waals surface area contributed by atoms with Crippen LogP contribution in [-0.4, -0.2) is 43.0 Å². The Balaban J connectivity index is 1.53. The number of fused-ring (bicyclic) bond motifs is 1. The number of rotatable bonds is 7. The molecule has 138 valence electrons. The lowest BCUT2D eigenvalue weighted by molar-refractivity contribution is -0.121. The molecule has 1 aliphatic carbocycles. The van der Waals surface area contributed by atoms with Gasteiger partial charge in [0, 0.05) is 25.7 Å². The average Bonchev–Trinajstić information content (AvgIpc) is 3.37. The molecular formula is C21H33N3O. The molecule has 0 radical (unpaired) electrons. The number of nitrogens with one attached hydrogen (secondary N) is 2. The summed E-state index contributed by atoms with van der Waals surface area (Å²) in [6.07, 6.45) is 3.73. The van der Waals surface area contributed by atoms with E-state index in [4.69, 9.17) is 0 Å². The number of carbonyl (C=O) groups is 1. The Hall–Kier alpha value is -1.39. The van der Waals surface area contributed by atoms with Crippen LogP contribution >= 0.6 is 0 Å². The number of carbonyl (C=O) groups excluding carboxylic acids is 1. The molecule has 1 atom stereocenters. The molecule has 0 aromatic heterocycles. The summed E-state index contributed by atoms with van der Waals surface area (Å²) in [4.78, 5) is 14.8. The Kier molecular flexibility index (Phi) is 5.80. The van der Waals surface area contributed by atoms with Gasteiger partial charge in [-0.15, -0.1) is 0 Å². The van der Waals surface area contributed by atoms with Crippen LogP contribution in [0.4, 0.5) is 0 Å². The SMILES string of the molecule is CC(C)(C)C(CN1CCc2ccccc2C1)NC(=O)CNCC1CC1. The van der Waals surface area contributed by atoms with E-state index in [9.17, 15) is 4.79 Å². The fourth-order valence-electron chi connectivity index (χ4n) is 3.46. The zero-order valence-corrected chi connectivity index (χ0v) is 16.0. The molecule has 0 saturated heterocycles. The first-order chi connectivity index (χ1) is 11.9. The van der Waals surface area contributed by atoms with E-state index in [2.05, 4.69) is 60.6 Å². The van der Waals surface area contributed by atoms with Gasteiger partial charge < -0.3 is 10.6 Å². The molecule has 4 nitrogen and oxygen atoms in total. The fourth-order valence-corrected chi connectivity index (χ4v) is 3.46. The Morgan fingerprint density at radius 2 is 1.96 bits per heavy atom. The second-order valence-electron chi connectivity index (χ2n) is 8.81. The third-order valence-electron chi connectivity index (χ3n) is 5.45. The van der Waals surface area contributed by atoms with Crippen molar-refractivity contribution in [3.05, 3.63) is 35.4 Å². The third kappa shape index (κ3) is 5.55. The molecule has 0 bridgehead atoms. The van der Waals surface area contributed by atoms with Gasteiger partial charge in [0.1, 0.15) is 0 Å². The second kappa shape index (κ2) is 7.88. The third-order valence-corrected chi connectivity index (χ3v) is 5.45. The van der Waals surface area contributed by atoms with Crippen molar-refractivity contribution < 1.29 is 4.79 Å². The van der Waals surface area contributed by atoms with Crippen LogP contribution in [0.25, 0.3) is 0 Å². The topological polar surface area (TPSA) is 44.4 Å². The van der Waals surface area contributed by atoms with Gasteiger partial charge in [0.25, 0.3) is 0 Å². The van der Waals surface area contributed by atoms with Crippen molar-refractivity contribution in [2.75, 3.05) is 26.2 Å². The molecule has 1 aliphatic heterocycles. The maximum atomic E-state index is 12.3. The van der Waals surface area contributed by atoms with E-state index in [1.807, 2.05) is 0 Å². The number of hydrogen-bond donors (Lipinski definition) is 2. The Bertz CT molecular complexity index is 589. The van der Waals surface area contributed by atoms with Crippen LogP contribution in [0.2, 0.25) is 0 Å². The molecule has 3 rings (SSSR count). The summed E-state index contributed by atoms with van der Waals surface area (Å²) in [6, 6.07) is 8.88. The van der Waals surface area contributed by atoms with E-state index in [0.717, 1.165) is 38.5 Å². The van der Waals surface area contributed by atoms with Gasteiger partial charge in [-0.05, 0) is 48.3 Å². The zero-order valence-electron chi connectivity index (χ0n) is 16.0. The standard InChI is InChI=1S/C21H33N3O/c1-21(2,3)19(23-20(25)13-22-12-16-8-9-16)15-24-11-10-17-6-4-5-7-18(17)14-24/h4-7,16,19,22H,8-15H2,1-3H3,(H,23,25). The molecule has 1 heterocycles. The highest BCUT2D eigenvalue weighted by atomic mass is 16.2. The highest BCUT2D eigenvalue weighted by Gasteiger charge is 2.29. The Morgan fingerprint density at radius 3 is 2.64 bits per heavy atom. The molecule has 2 aliphatic rings. The second-order valence-corrected chi connectivity index (χ2v) is 8.81. The minimum Gasteiger partial charge on any atom is -0.350 e. The van der Waals surface area contributed by atoms with Crippen molar-refractivity contribution in [1.82, 2.24) is 15.5 Å². The number of hydrogen-bond acceptors (Lipinski definition) is 3. The molecule has 1 fully saturated rings. The summed E-state index contributed by atoms with van der Waals surface area (Å²) in [7, 11) is 0. The quantitative estimate of drug-likeness (QED) is 0.800. The van der Waals surface area contributed by atoms with Gasteiger partial charge in [-0.2, -0.15) is 0 Å². The van der Waals surface area contributed by atoms with Gasteiger partial charge in [-0.3, -0.25) is 9.69 Å². The molecule has 1 amide bonds. The highest BCUT2D eigenvalue weighted by molar-refractivity contribution is 5.78. The first-order valence-electron chi connectivity index (χ1n) is 9.71. The molecule has 25 heavy (non-hydrogen) atoms. The van der Waals surface area contributed by atoms with Gasteiger partial charge >= 0.3 is 0 Å². The first-order valence-corrected chi connectivity index (χ1v) is 9.71. The molecule has 1 aromatic rings. The normalized spacial score (nSPS) is 19.3. The Labute approximate surface area is 152 Å². The minimum absolute atomic E-state index is 0.0448. The van der Waals surface area contributed by atoms with Crippen molar-refractivity contribution in [2.24, 2.45) is 11.3 Å². The average molecular weight is 344 g/mol. The van der Waals surface area contributed by atoms with E-state index in [-0.39, 0.29) is 17.4 Å². The van der Waals surface area contributed by atoms with Gasteiger partial charge in [-0.1, -0.05) is 45.0 Å². The van der Waals surface area contributed by atoms with Crippen molar-refractivity contribution in [2.45, 2.75) is 52.6 Å². The van der Waals surface area contributed by atoms with E-state index in [1.165, 1.54) is 24.0 Å². The summed E-state index contributed by atoms with van der Waals surface area (Å²) in [5.74, 6) is 0.928. The molecule has 1 saturated carbocycles. The van der Waals surface area contributed by atoms with Crippen LogP contribution in [-0.2, 0) is 17.8 Å². The fraction of sp³-hybridized carbons (Fsp3) is 0.667. The summed E-state index contributed by atoms with van der Waals surface area (Å²) in [5.41, 5.74) is 2.95. The zero-order chi connectivity index (χ0) is 17.9. The van der Waals surface area contributed by atoms with Crippen LogP contribution < -0.4 is 10.6 Å². The van der Waals surface area contributed by atoms with Gasteiger partial charge in [0.05, 0.1) is 6.54 Å². The van der Waals surface area contributed by atoms with Crippen LogP contribution in [0, 0.1) is 11.3 Å². The maximum absolute atomic E-state index is 12.3. The van der Waals surface area contributed by atoms with Crippen LogP contribution in [0.5, 0.6) is 0 Å². The van der Waals surface area contributed by atoms with Gasteiger partial charge in [0.15, 0.2) is 0 Å². The molecule has 0 spiro atoms. The summed E-state index contributed by atoms with van der Waals surface area (Å²) >= 11 is 0. The molecule has 1 aromatic carbocycles. The summed E-state index contributed by atoms with van der Waals surface area (Å²) in [6.45, 7) is 11.0. The lowest BCUT2D eigenvalue weighted by Crippen LogP contribution is -2.53. The molecule has 2 N–H and O–H groups in total. The number of nitrogens with zero attached hydrogens (tertiary/aromatic N) is 1. The minimum atomic E-state index is 0.0448. The number of amides is 1. The van der Waals surface area contributed by atoms with Gasteiger partial charge in [0.2, 0.25) is 5.91 Å². The largest absolute Gasteiger partial charge is 0.350 e.